The van der Waals surface area contributed by atoms with E-state index in [4.69, 9.17) is 5.73 Å². The molecule has 0 unspecified atom stereocenters. The molecule has 0 bridgehead atoms. The van der Waals surface area contributed by atoms with Gasteiger partial charge in [-0.2, -0.15) is 12.6 Å². The van der Waals surface area contributed by atoms with Crippen LogP contribution in [0.5, 0.6) is 0 Å². The lowest BCUT2D eigenvalue weighted by Gasteiger charge is -1.97. The number of hydrogen-bond acceptors (Lipinski definition) is 2. The van der Waals surface area contributed by atoms with Gasteiger partial charge < -0.3 is 22.7 Å². The number of imidazole rings is 1. The minimum absolute atomic E-state index is 0. The Morgan fingerprint density at radius 3 is 2.62 bits per heavy atom. The number of unbranched alkanes of at least 4 members (excludes halogenated alkanes) is 3. The molecule has 0 spiro atoms. The molecule has 0 atom stereocenters. The molecule has 0 aliphatic carbocycles. The monoisotopic (exact) mass is 307 g/mol. The highest BCUT2D eigenvalue weighted by Gasteiger charge is 2.01. The predicted octanol–water partition coefficient (Wildman–Crippen LogP) is -1.77. The van der Waals surface area contributed by atoms with E-state index in [0.717, 1.165) is 31.8 Å². The number of thiol groups is 1. The van der Waals surface area contributed by atoms with Gasteiger partial charge in [-0.3, -0.25) is 0 Å². The highest BCUT2D eigenvalue weighted by atomic mass is 79.9. The average Bonchev–Trinajstić information content (AvgIpc) is 2.66. The van der Waals surface area contributed by atoms with Crippen LogP contribution in [0.3, 0.4) is 0 Å². The van der Waals surface area contributed by atoms with Crippen molar-refractivity contribution in [3.8, 4) is 0 Å². The van der Waals surface area contributed by atoms with Crippen molar-refractivity contribution >= 4 is 12.6 Å². The lowest BCUT2D eigenvalue weighted by molar-refractivity contribution is -0.696. The summed E-state index contributed by atoms with van der Waals surface area (Å²) < 4.78 is 4.42. The summed E-state index contributed by atoms with van der Waals surface area (Å²) in [4.78, 5) is 0. The van der Waals surface area contributed by atoms with Gasteiger partial charge in [-0.1, -0.05) is 6.42 Å². The van der Waals surface area contributed by atoms with Crippen LogP contribution in [0.15, 0.2) is 18.7 Å². The van der Waals surface area contributed by atoms with Crippen LogP contribution in [0.4, 0.5) is 0 Å². The summed E-state index contributed by atoms with van der Waals surface area (Å²) in [6, 6.07) is 0. The third-order valence-electron chi connectivity index (χ3n) is 2.47. The molecule has 0 aliphatic heterocycles. The summed E-state index contributed by atoms with van der Waals surface area (Å²) in [7, 11) is 0. The van der Waals surface area contributed by atoms with Gasteiger partial charge in [0.05, 0.1) is 13.1 Å². The first kappa shape index (κ1) is 16.0. The van der Waals surface area contributed by atoms with Gasteiger partial charge in [0.1, 0.15) is 12.4 Å². The van der Waals surface area contributed by atoms with Crippen LogP contribution in [0, 0.1) is 0 Å². The molecular weight excluding hydrogens is 286 g/mol. The maximum atomic E-state index is 5.44. The molecule has 0 amide bonds. The zero-order valence-corrected chi connectivity index (χ0v) is 12.2. The summed E-state index contributed by atoms with van der Waals surface area (Å²) in [5.41, 5.74) is 5.44. The largest absolute Gasteiger partial charge is 1.00 e. The molecule has 1 aromatic heterocycles. The minimum atomic E-state index is 0. The maximum absolute atomic E-state index is 5.44. The molecule has 5 heteroatoms. The summed E-state index contributed by atoms with van der Waals surface area (Å²) in [6.45, 7) is 2.93. The standard InChI is InChI=1S/C11H21N3S.BrH/c12-5-3-1-2-4-6-13-7-8-14(11-13)9-10-15;/h7-8,11H,1-6,9-10,12H2;1H. The van der Waals surface area contributed by atoms with E-state index in [-0.39, 0.29) is 17.0 Å². The van der Waals surface area contributed by atoms with Gasteiger partial charge >= 0.3 is 0 Å². The van der Waals surface area contributed by atoms with E-state index < -0.39 is 0 Å². The molecule has 0 saturated carbocycles. The molecule has 0 fully saturated rings. The number of hydrogen-bond donors (Lipinski definition) is 2. The van der Waals surface area contributed by atoms with Crippen LogP contribution >= 0.6 is 12.6 Å². The fraction of sp³-hybridized carbons (Fsp3) is 0.727. The second-order valence-electron chi connectivity index (χ2n) is 3.82. The van der Waals surface area contributed by atoms with E-state index in [9.17, 15) is 0 Å². The number of aryl methyl sites for hydroxylation is 2. The van der Waals surface area contributed by atoms with Crippen molar-refractivity contribution in [3.05, 3.63) is 18.7 Å². The van der Waals surface area contributed by atoms with Gasteiger partial charge in [0.15, 0.2) is 0 Å². The van der Waals surface area contributed by atoms with E-state index in [0.29, 0.717) is 0 Å². The molecule has 0 aromatic carbocycles. The zero-order chi connectivity index (χ0) is 10.9. The number of halogens is 1. The quantitative estimate of drug-likeness (QED) is 0.333. The van der Waals surface area contributed by atoms with Crippen molar-refractivity contribution in [1.29, 1.82) is 0 Å². The van der Waals surface area contributed by atoms with E-state index in [1.165, 1.54) is 19.3 Å². The van der Waals surface area contributed by atoms with Gasteiger partial charge in [-0.25, -0.2) is 9.13 Å². The van der Waals surface area contributed by atoms with Crippen LogP contribution in [0.25, 0.3) is 0 Å². The van der Waals surface area contributed by atoms with Crippen LogP contribution in [-0.2, 0) is 13.1 Å². The van der Waals surface area contributed by atoms with Gasteiger partial charge in [0.25, 0.3) is 0 Å². The van der Waals surface area contributed by atoms with Crippen molar-refractivity contribution in [2.75, 3.05) is 12.3 Å². The van der Waals surface area contributed by atoms with E-state index in [2.05, 4.69) is 40.5 Å². The summed E-state index contributed by atoms with van der Waals surface area (Å²) in [5, 5.41) is 0. The Bertz CT molecular complexity index is 265. The molecule has 1 rings (SSSR count). The molecule has 1 aromatic rings. The number of aromatic nitrogens is 2. The fourth-order valence-corrected chi connectivity index (χ4v) is 1.84. The first-order valence-corrected chi connectivity index (χ1v) is 6.36. The molecule has 1 heterocycles. The van der Waals surface area contributed by atoms with Crippen molar-refractivity contribution in [2.45, 2.75) is 38.8 Å². The van der Waals surface area contributed by atoms with Gasteiger partial charge in [0, 0.05) is 5.75 Å². The van der Waals surface area contributed by atoms with Crippen LogP contribution in [0.1, 0.15) is 25.7 Å². The Morgan fingerprint density at radius 1 is 1.19 bits per heavy atom. The summed E-state index contributed by atoms with van der Waals surface area (Å²) in [6.07, 6.45) is 11.3. The number of nitrogens with two attached hydrogens (primary N) is 1. The Morgan fingerprint density at radius 2 is 1.94 bits per heavy atom. The van der Waals surface area contributed by atoms with Crippen LogP contribution < -0.4 is 27.3 Å². The maximum Gasteiger partial charge on any atom is 0.243 e. The highest BCUT2D eigenvalue weighted by molar-refractivity contribution is 7.80. The molecule has 0 aliphatic rings. The highest BCUT2D eigenvalue weighted by Crippen LogP contribution is 1.98. The fourth-order valence-electron chi connectivity index (χ4n) is 1.61. The lowest BCUT2D eigenvalue weighted by Crippen LogP contribution is -3.00. The molecule has 16 heavy (non-hydrogen) atoms. The first-order valence-electron chi connectivity index (χ1n) is 5.72. The second kappa shape index (κ2) is 10.2. The molecule has 0 saturated heterocycles. The first-order chi connectivity index (χ1) is 7.36. The van der Waals surface area contributed by atoms with Crippen LogP contribution in [-0.4, -0.2) is 16.9 Å². The van der Waals surface area contributed by atoms with Gasteiger partial charge in [-0.15, -0.1) is 0 Å². The Kier molecular flexibility index (Phi) is 10.2. The van der Waals surface area contributed by atoms with Crippen LogP contribution in [0.2, 0.25) is 0 Å². The SMILES string of the molecule is NCCCCCC[n+]1ccn(CCS)c1.[Br-]. The summed E-state index contributed by atoms with van der Waals surface area (Å²) >= 11 is 4.21. The normalized spacial score (nSPS) is 10.1. The molecular formula is C11H22BrN3S. The topological polar surface area (TPSA) is 34.8 Å². The molecule has 2 N–H and O–H groups in total. The van der Waals surface area contributed by atoms with E-state index in [1.807, 2.05) is 0 Å². The van der Waals surface area contributed by atoms with Gasteiger partial charge in [-0.05, 0) is 25.8 Å². The lowest BCUT2D eigenvalue weighted by atomic mass is 10.2. The van der Waals surface area contributed by atoms with Crippen molar-refractivity contribution in [1.82, 2.24) is 4.57 Å². The molecule has 3 nitrogen and oxygen atoms in total. The van der Waals surface area contributed by atoms with E-state index >= 15 is 0 Å². The van der Waals surface area contributed by atoms with Crippen molar-refractivity contribution in [2.24, 2.45) is 5.73 Å². The van der Waals surface area contributed by atoms with Gasteiger partial charge in [0.2, 0.25) is 6.33 Å². The smallest absolute Gasteiger partial charge is 0.243 e. The third-order valence-corrected chi connectivity index (χ3v) is 2.67. The van der Waals surface area contributed by atoms with E-state index in [1.54, 1.807) is 0 Å². The Balaban J connectivity index is 0.00000225. The molecule has 0 radical (unpaired) electrons. The third kappa shape index (κ3) is 6.55. The Labute approximate surface area is 114 Å². The Hall–Kier alpha value is 0. The summed E-state index contributed by atoms with van der Waals surface area (Å²) in [5.74, 6) is 0.894. The van der Waals surface area contributed by atoms with Crippen molar-refractivity contribution < 1.29 is 21.5 Å². The van der Waals surface area contributed by atoms with Crippen molar-refractivity contribution in [3.63, 3.8) is 0 Å². The zero-order valence-electron chi connectivity index (χ0n) is 9.69. The second-order valence-corrected chi connectivity index (χ2v) is 4.26. The number of rotatable bonds is 8. The minimum Gasteiger partial charge on any atom is -1.00 e. The predicted molar refractivity (Wildman–Crippen MR) is 66.0 cm³/mol. The average molecular weight is 308 g/mol. The number of nitrogens with zero attached hydrogens (tertiary/aromatic N) is 2. The molecule has 94 valence electrons.